The molecule has 9 heteroatoms. The zero-order valence-electron chi connectivity index (χ0n) is 15.9. The van der Waals surface area contributed by atoms with Gasteiger partial charge in [-0.15, -0.1) is 0 Å². The minimum absolute atomic E-state index is 0.186. The van der Waals surface area contributed by atoms with Crippen LogP contribution in [-0.4, -0.2) is 43.3 Å². The number of carbonyl (C=O) groups excluding carboxylic acids is 3. The lowest BCUT2D eigenvalue weighted by molar-refractivity contribution is -0.150. The standard InChI is InChI=1S/C19H23ClN2O6/c1-4-14-16(18(24)26-5-2)15(22-19(25)21-14)10-27-17(23)11(3)28-13-8-6-12(20)7-9-13/h6-9,11,14H,4-5,10H2,1-3H3,(H2,21,22,25)/t11-,14+/m1/s1. The predicted molar refractivity (Wildman–Crippen MR) is 102 cm³/mol. The Labute approximate surface area is 168 Å². The van der Waals surface area contributed by atoms with Crippen LogP contribution in [0.4, 0.5) is 4.79 Å². The number of hydrogen-bond donors (Lipinski definition) is 2. The van der Waals surface area contributed by atoms with Gasteiger partial charge in [0.1, 0.15) is 12.4 Å². The molecule has 152 valence electrons. The highest BCUT2D eigenvalue weighted by molar-refractivity contribution is 6.30. The summed E-state index contributed by atoms with van der Waals surface area (Å²) in [6, 6.07) is 5.54. The van der Waals surface area contributed by atoms with E-state index in [1.807, 2.05) is 6.92 Å². The molecule has 1 aromatic carbocycles. The van der Waals surface area contributed by atoms with Crippen LogP contribution in [0.5, 0.6) is 5.75 Å². The predicted octanol–water partition coefficient (Wildman–Crippen LogP) is 2.56. The summed E-state index contributed by atoms with van der Waals surface area (Å²) in [5.41, 5.74) is 0.434. The van der Waals surface area contributed by atoms with Crippen LogP contribution in [0.2, 0.25) is 5.02 Å². The maximum Gasteiger partial charge on any atom is 0.347 e. The average molecular weight is 411 g/mol. The molecule has 0 bridgehead atoms. The van der Waals surface area contributed by atoms with E-state index in [0.717, 1.165) is 0 Å². The zero-order valence-corrected chi connectivity index (χ0v) is 16.7. The molecule has 28 heavy (non-hydrogen) atoms. The van der Waals surface area contributed by atoms with E-state index in [0.29, 0.717) is 17.2 Å². The molecule has 1 aromatic rings. The topological polar surface area (TPSA) is 103 Å². The molecule has 2 amide bonds. The number of carbonyl (C=O) groups is 3. The first-order valence-electron chi connectivity index (χ1n) is 8.92. The van der Waals surface area contributed by atoms with Crippen molar-refractivity contribution in [3.63, 3.8) is 0 Å². The number of halogens is 1. The van der Waals surface area contributed by atoms with E-state index in [1.165, 1.54) is 6.92 Å². The quantitative estimate of drug-likeness (QED) is 0.638. The van der Waals surface area contributed by atoms with E-state index in [9.17, 15) is 14.4 Å². The average Bonchev–Trinajstić information content (AvgIpc) is 2.67. The molecule has 0 aliphatic carbocycles. The highest BCUT2D eigenvalue weighted by Crippen LogP contribution is 2.19. The highest BCUT2D eigenvalue weighted by atomic mass is 35.5. The number of amides is 2. The van der Waals surface area contributed by atoms with Gasteiger partial charge >= 0.3 is 18.0 Å². The van der Waals surface area contributed by atoms with Crippen molar-refractivity contribution in [2.45, 2.75) is 39.3 Å². The van der Waals surface area contributed by atoms with E-state index in [4.69, 9.17) is 25.8 Å². The summed E-state index contributed by atoms with van der Waals surface area (Å²) in [5.74, 6) is -0.758. The molecule has 1 aliphatic heterocycles. The Morgan fingerprint density at radius 3 is 2.46 bits per heavy atom. The first-order valence-corrected chi connectivity index (χ1v) is 9.30. The van der Waals surface area contributed by atoms with Gasteiger partial charge in [-0.1, -0.05) is 18.5 Å². The minimum Gasteiger partial charge on any atom is -0.479 e. The summed E-state index contributed by atoms with van der Waals surface area (Å²) >= 11 is 5.81. The molecule has 1 aliphatic rings. The molecule has 0 spiro atoms. The number of hydrogen-bond acceptors (Lipinski definition) is 6. The SMILES string of the molecule is CCOC(=O)C1=C(COC(=O)[C@@H](C)Oc2ccc(Cl)cc2)NC(=O)N[C@H]1CC. The molecule has 0 fully saturated rings. The molecular weight excluding hydrogens is 388 g/mol. The third-order valence-corrected chi connectivity index (χ3v) is 4.22. The van der Waals surface area contributed by atoms with Crippen molar-refractivity contribution in [3.8, 4) is 5.75 Å². The van der Waals surface area contributed by atoms with E-state index >= 15 is 0 Å². The van der Waals surface area contributed by atoms with Crippen LogP contribution in [0.15, 0.2) is 35.5 Å². The molecule has 1 heterocycles. The maximum absolute atomic E-state index is 12.3. The van der Waals surface area contributed by atoms with Gasteiger partial charge in [-0.3, -0.25) is 0 Å². The lowest BCUT2D eigenvalue weighted by atomic mass is 10.0. The summed E-state index contributed by atoms with van der Waals surface area (Å²) in [6.07, 6.45) is -0.415. The van der Waals surface area contributed by atoms with Gasteiger partial charge in [-0.2, -0.15) is 0 Å². The lowest BCUT2D eigenvalue weighted by Gasteiger charge is -2.28. The van der Waals surface area contributed by atoms with Crippen LogP contribution in [0.3, 0.4) is 0 Å². The van der Waals surface area contributed by atoms with Gasteiger partial charge in [-0.25, -0.2) is 14.4 Å². The van der Waals surface area contributed by atoms with Crippen LogP contribution < -0.4 is 15.4 Å². The monoisotopic (exact) mass is 410 g/mol. The molecule has 0 saturated carbocycles. The van der Waals surface area contributed by atoms with E-state index in [1.54, 1.807) is 31.2 Å². The molecule has 2 rings (SSSR count). The second-order valence-corrected chi connectivity index (χ2v) is 6.43. The van der Waals surface area contributed by atoms with Crippen molar-refractivity contribution < 1.29 is 28.6 Å². The first-order chi connectivity index (χ1) is 13.3. The lowest BCUT2D eigenvalue weighted by Crippen LogP contribution is -2.51. The van der Waals surface area contributed by atoms with Crippen LogP contribution in [0.1, 0.15) is 27.2 Å². The third kappa shape index (κ3) is 5.63. The number of benzene rings is 1. The van der Waals surface area contributed by atoms with Crippen LogP contribution in [0.25, 0.3) is 0 Å². The fourth-order valence-electron chi connectivity index (χ4n) is 2.60. The molecule has 0 saturated heterocycles. The fourth-order valence-corrected chi connectivity index (χ4v) is 2.73. The van der Waals surface area contributed by atoms with E-state index in [2.05, 4.69) is 10.6 Å². The van der Waals surface area contributed by atoms with Crippen molar-refractivity contribution in [2.75, 3.05) is 13.2 Å². The van der Waals surface area contributed by atoms with Crippen molar-refractivity contribution in [2.24, 2.45) is 0 Å². The van der Waals surface area contributed by atoms with Gasteiger partial charge in [-0.05, 0) is 44.5 Å². The molecule has 0 aromatic heterocycles. The Balaban J connectivity index is 2.07. The summed E-state index contributed by atoms with van der Waals surface area (Å²) in [7, 11) is 0. The van der Waals surface area contributed by atoms with Crippen molar-refractivity contribution in [3.05, 3.63) is 40.6 Å². The Morgan fingerprint density at radius 1 is 1.18 bits per heavy atom. The molecule has 0 radical (unpaired) electrons. The number of rotatable bonds is 8. The van der Waals surface area contributed by atoms with Crippen molar-refractivity contribution >= 4 is 29.6 Å². The summed E-state index contributed by atoms with van der Waals surface area (Å²) in [5, 5.41) is 5.71. The zero-order chi connectivity index (χ0) is 20.7. The Kier molecular flexibility index (Phi) is 7.69. The molecule has 2 N–H and O–H groups in total. The second-order valence-electron chi connectivity index (χ2n) is 5.99. The Hall–Kier alpha value is -2.74. The fraction of sp³-hybridized carbons (Fsp3) is 0.421. The smallest absolute Gasteiger partial charge is 0.347 e. The normalized spacial score (nSPS) is 17.3. The first kappa shape index (κ1) is 21.6. The molecule has 0 unspecified atom stereocenters. The largest absolute Gasteiger partial charge is 0.479 e. The van der Waals surface area contributed by atoms with Gasteiger partial charge in [0.25, 0.3) is 0 Å². The highest BCUT2D eigenvalue weighted by Gasteiger charge is 2.32. The maximum atomic E-state index is 12.3. The second kappa shape index (κ2) is 9.98. The van der Waals surface area contributed by atoms with E-state index < -0.39 is 30.1 Å². The van der Waals surface area contributed by atoms with Crippen molar-refractivity contribution in [1.29, 1.82) is 0 Å². The minimum atomic E-state index is -0.896. The van der Waals surface area contributed by atoms with Gasteiger partial charge < -0.3 is 24.8 Å². The van der Waals surface area contributed by atoms with Gasteiger partial charge in [0.05, 0.1) is 23.9 Å². The third-order valence-electron chi connectivity index (χ3n) is 3.96. The van der Waals surface area contributed by atoms with Crippen LogP contribution in [0, 0.1) is 0 Å². The molecule has 8 nitrogen and oxygen atoms in total. The van der Waals surface area contributed by atoms with Crippen LogP contribution >= 0.6 is 11.6 Å². The van der Waals surface area contributed by atoms with Crippen molar-refractivity contribution in [1.82, 2.24) is 10.6 Å². The summed E-state index contributed by atoms with van der Waals surface area (Å²) in [6.45, 7) is 4.94. The van der Waals surface area contributed by atoms with Gasteiger partial charge in [0.2, 0.25) is 0 Å². The number of esters is 2. The summed E-state index contributed by atoms with van der Waals surface area (Å²) in [4.78, 5) is 36.4. The summed E-state index contributed by atoms with van der Waals surface area (Å²) < 4.78 is 15.8. The van der Waals surface area contributed by atoms with E-state index in [-0.39, 0.29) is 24.5 Å². The number of nitrogens with one attached hydrogen (secondary N) is 2. The van der Waals surface area contributed by atoms with Crippen LogP contribution in [-0.2, 0) is 19.1 Å². The number of urea groups is 1. The van der Waals surface area contributed by atoms with Gasteiger partial charge in [0, 0.05) is 5.02 Å². The Morgan fingerprint density at radius 2 is 1.86 bits per heavy atom. The molecule has 2 atom stereocenters. The van der Waals surface area contributed by atoms with Gasteiger partial charge in [0.15, 0.2) is 6.10 Å². The molecular formula is C19H23ClN2O6. The number of ether oxygens (including phenoxy) is 3. The Bertz CT molecular complexity index is 762.